The fourth-order valence-corrected chi connectivity index (χ4v) is 2.84. The second-order valence-electron chi connectivity index (χ2n) is 5.66. The van der Waals surface area contributed by atoms with Crippen LogP contribution in [-0.4, -0.2) is 29.5 Å². The van der Waals surface area contributed by atoms with Gasteiger partial charge in [0.1, 0.15) is 19.3 Å². The lowest BCUT2D eigenvalue weighted by Gasteiger charge is -2.13. The number of rotatable bonds is 7. The highest BCUT2D eigenvalue weighted by molar-refractivity contribution is 5.71. The number of aryl methyl sites for hydroxylation is 1. The summed E-state index contributed by atoms with van der Waals surface area (Å²) in [4.78, 5) is 0. The zero-order valence-electron chi connectivity index (χ0n) is 14.1. The molecule has 0 aliphatic rings. The molecule has 0 bridgehead atoms. The average Bonchev–Trinajstić information content (AvgIpc) is 2.98. The molecule has 3 rings (SSSR count). The lowest BCUT2D eigenvalue weighted by atomic mass is 10.3. The monoisotopic (exact) mass is 327 g/mol. The summed E-state index contributed by atoms with van der Waals surface area (Å²) in [5, 5.41) is 10.4. The molecule has 126 valence electrons. The number of ether oxygens (including phenoxy) is 2. The van der Waals surface area contributed by atoms with Crippen LogP contribution in [0.3, 0.4) is 0 Å². The Kier molecular flexibility index (Phi) is 5.01. The van der Waals surface area contributed by atoms with E-state index in [0.29, 0.717) is 18.0 Å². The van der Waals surface area contributed by atoms with Gasteiger partial charge in [-0.15, -0.1) is 0 Å². The van der Waals surface area contributed by atoms with Gasteiger partial charge in [-0.3, -0.25) is 0 Å². The first-order chi connectivity index (χ1) is 11.7. The van der Waals surface area contributed by atoms with Crippen molar-refractivity contribution in [3.05, 3.63) is 54.9 Å². The van der Waals surface area contributed by atoms with E-state index >= 15 is 0 Å². The summed E-state index contributed by atoms with van der Waals surface area (Å²) < 4.78 is 15.2. The summed E-state index contributed by atoms with van der Waals surface area (Å²) in [6, 6.07) is 15.6. The molecule has 0 amide bonds. The van der Waals surface area contributed by atoms with E-state index in [2.05, 4.69) is 28.2 Å². The van der Waals surface area contributed by atoms with Crippen molar-refractivity contribution in [2.45, 2.75) is 26.1 Å². The number of aliphatic hydroxyl groups is 1. The predicted octanol–water partition coefficient (Wildman–Crippen LogP) is 2.40. The molecule has 24 heavy (non-hydrogen) atoms. The number of nitrogens with zero attached hydrogens (tertiary/aromatic N) is 2. The normalized spacial score (nSPS) is 12.3. The Morgan fingerprint density at radius 1 is 1.08 bits per heavy atom. The first-order valence-electron chi connectivity index (χ1n) is 8.14. The van der Waals surface area contributed by atoms with Crippen molar-refractivity contribution in [1.29, 1.82) is 0 Å². The summed E-state index contributed by atoms with van der Waals surface area (Å²) in [6.07, 6.45) is 1.42. The minimum Gasteiger partial charge on any atom is -0.493 e. The van der Waals surface area contributed by atoms with Crippen LogP contribution in [0.5, 0.6) is 11.5 Å². The maximum atomic E-state index is 10.4. The van der Waals surface area contributed by atoms with Crippen LogP contribution in [0.15, 0.2) is 54.9 Å². The van der Waals surface area contributed by atoms with E-state index in [1.54, 1.807) is 7.11 Å². The maximum absolute atomic E-state index is 10.4. The van der Waals surface area contributed by atoms with Gasteiger partial charge >= 0.3 is 0 Å². The van der Waals surface area contributed by atoms with Crippen LogP contribution in [-0.2, 0) is 13.1 Å². The topological polar surface area (TPSA) is 47.5 Å². The number of benzene rings is 2. The summed E-state index contributed by atoms with van der Waals surface area (Å²) in [5.74, 6) is 1.31. The average molecular weight is 327 g/mol. The van der Waals surface area contributed by atoms with Crippen molar-refractivity contribution in [3.63, 3.8) is 0 Å². The van der Waals surface area contributed by atoms with Gasteiger partial charge in [0.25, 0.3) is 0 Å². The molecule has 1 aromatic heterocycles. The summed E-state index contributed by atoms with van der Waals surface area (Å²) in [7, 11) is 1.61. The number of hydrogen-bond donors (Lipinski definition) is 1. The van der Waals surface area contributed by atoms with Crippen LogP contribution in [0.4, 0.5) is 0 Å². The lowest BCUT2D eigenvalue weighted by Crippen LogP contribution is -2.41. The minimum atomic E-state index is -0.615. The number of imidazole rings is 1. The molecule has 0 unspecified atom stereocenters. The molecule has 0 fully saturated rings. The SMILES string of the molecule is CCn1c[n+](C[C@@H](O)COc2ccccc2OC)c2ccccc21. The van der Waals surface area contributed by atoms with Gasteiger partial charge in [-0.05, 0) is 31.2 Å². The lowest BCUT2D eigenvalue weighted by molar-refractivity contribution is -0.679. The van der Waals surface area contributed by atoms with Crippen molar-refractivity contribution >= 4 is 11.0 Å². The zero-order valence-corrected chi connectivity index (χ0v) is 14.1. The highest BCUT2D eigenvalue weighted by Crippen LogP contribution is 2.25. The smallest absolute Gasteiger partial charge is 0.244 e. The molecule has 1 heterocycles. The fraction of sp³-hybridized carbons (Fsp3) is 0.316. The van der Waals surface area contributed by atoms with Gasteiger partial charge in [-0.25, -0.2) is 9.13 Å². The van der Waals surface area contributed by atoms with Gasteiger partial charge in [0.05, 0.1) is 13.7 Å². The number of hydrogen-bond acceptors (Lipinski definition) is 3. The Hall–Kier alpha value is -2.53. The number of para-hydroxylation sites is 4. The molecular formula is C19H23N2O3+. The predicted molar refractivity (Wildman–Crippen MR) is 92.3 cm³/mol. The highest BCUT2D eigenvalue weighted by atomic mass is 16.5. The quantitative estimate of drug-likeness (QED) is 0.678. The molecule has 5 heteroatoms. The van der Waals surface area contributed by atoms with Gasteiger partial charge in [-0.2, -0.15) is 0 Å². The van der Waals surface area contributed by atoms with Gasteiger partial charge in [-0.1, -0.05) is 24.3 Å². The molecule has 3 aromatic rings. The highest BCUT2D eigenvalue weighted by Gasteiger charge is 2.18. The van der Waals surface area contributed by atoms with Gasteiger partial charge in [0.15, 0.2) is 22.5 Å². The minimum absolute atomic E-state index is 0.207. The Bertz CT molecular complexity index is 813. The standard InChI is InChI=1S/C19H23N2O3/c1-3-20-14-21(17-9-5-4-8-16(17)20)12-15(22)13-24-19-11-7-6-10-18(19)23-2/h4-11,14-15,22H,3,12-13H2,1-2H3/q+1/t15-/m1/s1. The Labute approximate surface area is 141 Å². The van der Waals surface area contributed by atoms with Crippen molar-refractivity contribution in [3.8, 4) is 11.5 Å². The van der Waals surface area contributed by atoms with Crippen molar-refractivity contribution in [2.75, 3.05) is 13.7 Å². The summed E-state index contributed by atoms with van der Waals surface area (Å²) in [6.45, 7) is 3.68. The van der Waals surface area contributed by atoms with E-state index < -0.39 is 6.10 Å². The number of methoxy groups -OCH3 is 1. The second kappa shape index (κ2) is 7.36. The summed E-state index contributed by atoms with van der Waals surface area (Å²) in [5.41, 5.74) is 2.27. The molecule has 1 atom stereocenters. The molecular weight excluding hydrogens is 304 g/mol. The van der Waals surface area contributed by atoms with E-state index in [0.717, 1.165) is 17.6 Å². The Balaban J connectivity index is 1.70. The molecule has 0 saturated carbocycles. The summed E-state index contributed by atoms with van der Waals surface area (Å²) >= 11 is 0. The van der Waals surface area contributed by atoms with Crippen molar-refractivity contribution in [1.82, 2.24) is 4.57 Å². The van der Waals surface area contributed by atoms with Gasteiger partial charge in [0, 0.05) is 0 Å². The van der Waals surface area contributed by atoms with E-state index in [1.165, 1.54) is 0 Å². The number of fused-ring (bicyclic) bond motifs is 1. The molecule has 5 nitrogen and oxygen atoms in total. The molecule has 1 N–H and O–H groups in total. The van der Waals surface area contributed by atoms with E-state index in [4.69, 9.17) is 9.47 Å². The van der Waals surface area contributed by atoms with E-state index in [9.17, 15) is 5.11 Å². The van der Waals surface area contributed by atoms with Crippen LogP contribution >= 0.6 is 0 Å². The first-order valence-corrected chi connectivity index (χ1v) is 8.14. The van der Waals surface area contributed by atoms with Crippen molar-refractivity contribution in [2.24, 2.45) is 0 Å². The first kappa shape index (κ1) is 16.3. The van der Waals surface area contributed by atoms with Crippen LogP contribution in [0, 0.1) is 0 Å². The molecule has 0 aliphatic carbocycles. The van der Waals surface area contributed by atoms with Gasteiger partial charge < -0.3 is 14.6 Å². The third-order valence-electron chi connectivity index (χ3n) is 4.03. The van der Waals surface area contributed by atoms with E-state index in [-0.39, 0.29) is 6.61 Å². The van der Waals surface area contributed by atoms with Crippen LogP contribution in [0.2, 0.25) is 0 Å². The molecule has 0 spiro atoms. The fourth-order valence-electron chi connectivity index (χ4n) is 2.84. The molecule has 0 aliphatic heterocycles. The largest absolute Gasteiger partial charge is 0.493 e. The Morgan fingerprint density at radius 2 is 1.79 bits per heavy atom. The Morgan fingerprint density at radius 3 is 2.54 bits per heavy atom. The van der Waals surface area contributed by atoms with Crippen LogP contribution in [0.1, 0.15) is 6.92 Å². The zero-order chi connectivity index (χ0) is 16.9. The second-order valence-corrected chi connectivity index (χ2v) is 5.66. The number of aromatic nitrogens is 2. The molecule has 2 aromatic carbocycles. The number of aliphatic hydroxyl groups excluding tert-OH is 1. The van der Waals surface area contributed by atoms with E-state index in [1.807, 2.05) is 42.7 Å². The molecule has 0 radical (unpaired) electrons. The van der Waals surface area contributed by atoms with Crippen LogP contribution in [0.25, 0.3) is 11.0 Å². The van der Waals surface area contributed by atoms with Crippen molar-refractivity contribution < 1.29 is 19.1 Å². The van der Waals surface area contributed by atoms with Gasteiger partial charge in [0.2, 0.25) is 6.33 Å². The maximum Gasteiger partial charge on any atom is 0.244 e. The third-order valence-corrected chi connectivity index (χ3v) is 4.03. The third kappa shape index (κ3) is 3.36. The molecule has 0 saturated heterocycles. The van der Waals surface area contributed by atoms with Crippen LogP contribution < -0.4 is 14.0 Å².